The number of H-pyrrole nitrogens is 1. The predicted molar refractivity (Wildman–Crippen MR) is 129 cm³/mol. The van der Waals surface area contributed by atoms with Gasteiger partial charge in [-0.2, -0.15) is 0 Å². The maximum atomic E-state index is 14.7. The lowest BCUT2D eigenvalue weighted by molar-refractivity contribution is -0.117. The molecule has 1 atom stereocenters. The van der Waals surface area contributed by atoms with Gasteiger partial charge in [0.05, 0.1) is 35.5 Å². The van der Waals surface area contributed by atoms with Crippen LogP contribution >= 0.6 is 0 Å². The molecule has 2 aromatic carbocycles. The largest absolute Gasteiger partial charge is 0.436 e. The Morgan fingerprint density at radius 2 is 2.12 bits per heavy atom. The van der Waals surface area contributed by atoms with E-state index in [1.807, 2.05) is 18.2 Å². The number of hydrogen-bond donors (Lipinski definition) is 4. The van der Waals surface area contributed by atoms with E-state index in [0.717, 1.165) is 54.8 Å². The highest BCUT2D eigenvalue weighted by molar-refractivity contribution is 5.95. The molecule has 1 aliphatic heterocycles. The Morgan fingerprint density at radius 3 is 2.91 bits per heavy atom. The lowest BCUT2D eigenvalue weighted by Crippen LogP contribution is -2.35. The second kappa shape index (κ2) is 9.74. The number of rotatable bonds is 8. The Bertz CT molecular complexity index is 1310. The van der Waals surface area contributed by atoms with Gasteiger partial charge in [0.25, 0.3) is 0 Å². The molecule has 0 saturated carbocycles. The number of hydrogen-bond acceptors (Lipinski definition) is 6. The van der Waals surface area contributed by atoms with Crippen LogP contribution in [0.2, 0.25) is 0 Å². The van der Waals surface area contributed by atoms with E-state index < -0.39 is 5.82 Å². The van der Waals surface area contributed by atoms with E-state index in [4.69, 9.17) is 4.42 Å². The molecule has 1 saturated heterocycles. The number of nitrogens with one attached hydrogen (secondary N) is 4. The van der Waals surface area contributed by atoms with Crippen molar-refractivity contribution in [3.8, 4) is 22.8 Å². The molecule has 9 heteroatoms. The number of carbonyl (C=O) groups is 1. The molecule has 0 unspecified atom stereocenters. The van der Waals surface area contributed by atoms with E-state index in [1.54, 1.807) is 12.3 Å². The maximum Gasteiger partial charge on any atom is 0.241 e. The van der Waals surface area contributed by atoms with E-state index in [1.165, 1.54) is 12.1 Å². The fraction of sp³-hybridized carbons (Fsp3) is 0.320. The Kier molecular flexibility index (Phi) is 6.37. The van der Waals surface area contributed by atoms with Crippen LogP contribution in [-0.2, 0) is 11.3 Å². The quantitative estimate of drug-likeness (QED) is 0.292. The molecule has 3 heterocycles. The molecule has 8 nitrogen and oxygen atoms in total. The molecule has 0 spiro atoms. The number of aromatic nitrogens is 3. The Labute approximate surface area is 196 Å². The van der Waals surface area contributed by atoms with Crippen molar-refractivity contribution in [2.75, 3.05) is 18.4 Å². The second-order valence-electron chi connectivity index (χ2n) is 8.45. The number of fused-ring (bicyclic) bond motifs is 1. The fourth-order valence-corrected chi connectivity index (χ4v) is 4.10. The minimum absolute atomic E-state index is 0.142. The van der Waals surface area contributed by atoms with Crippen LogP contribution in [0.5, 0.6) is 0 Å². The minimum Gasteiger partial charge on any atom is -0.436 e. The summed E-state index contributed by atoms with van der Waals surface area (Å²) in [6.45, 7) is 4.55. The highest BCUT2D eigenvalue weighted by atomic mass is 19.1. The van der Waals surface area contributed by atoms with Gasteiger partial charge in [0, 0.05) is 11.1 Å². The summed E-state index contributed by atoms with van der Waals surface area (Å²) in [4.78, 5) is 24.5. The molecule has 0 bridgehead atoms. The number of halogens is 1. The normalized spacial score (nSPS) is 15.8. The van der Waals surface area contributed by atoms with Crippen molar-refractivity contribution in [3.63, 3.8) is 0 Å². The number of aromatic amines is 1. The topological polar surface area (TPSA) is 108 Å². The third-order valence-corrected chi connectivity index (χ3v) is 5.89. The van der Waals surface area contributed by atoms with Gasteiger partial charge in [-0.25, -0.2) is 14.4 Å². The first kappa shape index (κ1) is 22.2. The van der Waals surface area contributed by atoms with E-state index in [0.29, 0.717) is 23.8 Å². The van der Waals surface area contributed by atoms with Crippen LogP contribution in [0.3, 0.4) is 0 Å². The van der Waals surface area contributed by atoms with Gasteiger partial charge in [-0.05, 0) is 68.8 Å². The smallest absolute Gasteiger partial charge is 0.241 e. The first-order valence-electron chi connectivity index (χ1n) is 11.6. The summed E-state index contributed by atoms with van der Waals surface area (Å²) < 4.78 is 20.6. The van der Waals surface area contributed by atoms with E-state index in [9.17, 15) is 9.18 Å². The molecule has 1 aliphatic rings. The molecule has 1 amide bonds. The molecule has 0 radical (unpaired) electrons. The Morgan fingerprint density at radius 1 is 1.24 bits per heavy atom. The fourth-order valence-electron chi connectivity index (χ4n) is 4.10. The number of oxazole rings is 1. The van der Waals surface area contributed by atoms with Gasteiger partial charge in [0.15, 0.2) is 5.76 Å². The highest BCUT2D eigenvalue weighted by Crippen LogP contribution is 2.29. The zero-order valence-electron chi connectivity index (χ0n) is 19.0. The van der Waals surface area contributed by atoms with Crippen LogP contribution in [-0.4, -0.2) is 40.0 Å². The van der Waals surface area contributed by atoms with E-state index in [2.05, 4.69) is 37.8 Å². The molecular weight excluding hydrogens is 435 g/mol. The van der Waals surface area contributed by atoms with E-state index >= 15 is 0 Å². The number of anilines is 1. The molecule has 5 rings (SSSR count). The molecular formula is C25H27FN6O2. The van der Waals surface area contributed by atoms with Gasteiger partial charge >= 0.3 is 0 Å². The van der Waals surface area contributed by atoms with Gasteiger partial charge in [0.2, 0.25) is 11.8 Å². The minimum atomic E-state index is -0.535. The molecule has 34 heavy (non-hydrogen) atoms. The average molecular weight is 463 g/mol. The third-order valence-electron chi connectivity index (χ3n) is 5.89. The summed E-state index contributed by atoms with van der Waals surface area (Å²) in [5, 5.41) is 9.10. The molecule has 4 N–H and O–H groups in total. The monoisotopic (exact) mass is 462 g/mol. The SMILES string of the molecule is CCCNCc1nc2ccc(-c3cnc(-c4ccc(NC(=O)[C@@H]5CCCN5)c(F)c4)o3)cc2[nH]1. The van der Waals surface area contributed by atoms with Crippen molar-refractivity contribution in [2.45, 2.75) is 38.8 Å². The number of nitrogens with zero attached hydrogens (tertiary/aromatic N) is 2. The second-order valence-corrected chi connectivity index (χ2v) is 8.45. The van der Waals surface area contributed by atoms with E-state index in [-0.39, 0.29) is 17.6 Å². The van der Waals surface area contributed by atoms with Crippen LogP contribution in [0.4, 0.5) is 10.1 Å². The van der Waals surface area contributed by atoms with Crippen molar-refractivity contribution in [2.24, 2.45) is 0 Å². The Balaban J connectivity index is 1.31. The number of amides is 1. The molecule has 0 aliphatic carbocycles. The van der Waals surface area contributed by atoms with Crippen LogP contribution in [0.1, 0.15) is 32.0 Å². The first-order chi connectivity index (χ1) is 16.6. The van der Waals surface area contributed by atoms with Crippen molar-refractivity contribution in [1.82, 2.24) is 25.6 Å². The summed E-state index contributed by atoms with van der Waals surface area (Å²) in [6.07, 6.45) is 4.38. The van der Waals surface area contributed by atoms with Gasteiger partial charge in [-0.15, -0.1) is 0 Å². The van der Waals surface area contributed by atoms with Gasteiger partial charge < -0.3 is 25.4 Å². The summed E-state index contributed by atoms with van der Waals surface area (Å²) in [6, 6.07) is 10.1. The summed E-state index contributed by atoms with van der Waals surface area (Å²) in [5.74, 6) is 0.999. The van der Waals surface area contributed by atoms with Gasteiger partial charge in [-0.1, -0.05) is 6.92 Å². The first-order valence-corrected chi connectivity index (χ1v) is 11.6. The van der Waals surface area contributed by atoms with Crippen LogP contribution in [0.15, 0.2) is 47.0 Å². The molecule has 1 fully saturated rings. The zero-order chi connectivity index (χ0) is 23.5. The molecule has 4 aromatic rings. The van der Waals surface area contributed by atoms with Crippen molar-refractivity contribution < 1.29 is 13.6 Å². The predicted octanol–water partition coefficient (Wildman–Crippen LogP) is 4.21. The van der Waals surface area contributed by atoms with Crippen molar-refractivity contribution in [3.05, 3.63) is 54.2 Å². The zero-order valence-corrected chi connectivity index (χ0v) is 19.0. The summed E-state index contributed by atoms with van der Waals surface area (Å²) in [5.41, 5.74) is 3.27. The molecule has 176 valence electrons. The third kappa shape index (κ3) is 4.71. The number of carbonyl (C=O) groups excluding carboxylic acids is 1. The highest BCUT2D eigenvalue weighted by Gasteiger charge is 2.23. The van der Waals surface area contributed by atoms with Crippen molar-refractivity contribution >= 4 is 22.6 Å². The summed E-state index contributed by atoms with van der Waals surface area (Å²) >= 11 is 0. The van der Waals surface area contributed by atoms with Crippen LogP contribution < -0.4 is 16.0 Å². The van der Waals surface area contributed by atoms with Crippen LogP contribution in [0, 0.1) is 5.82 Å². The molecule has 2 aromatic heterocycles. The van der Waals surface area contributed by atoms with Crippen LogP contribution in [0.25, 0.3) is 33.8 Å². The average Bonchev–Trinajstić information content (AvgIpc) is 3.60. The standard InChI is InChI=1S/C25H27FN6O2/c1-2-9-27-14-23-30-19-8-5-15(12-21(19)31-23)22-13-29-25(34-22)16-6-7-18(17(26)11-16)32-24(33)20-4-3-10-28-20/h5-8,11-13,20,27-28H,2-4,9-10,14H2,1H3,(H,30,31)(H,32,33)/t20-/m0/s1. The lowest BCUT2D eigenvalue weighted by atomic mass is 10.1. The lowest BCUT2D eigenvalue weighted by Gasteiger charge is -2.12. The summed E-state index contributed by atoms with van der Waals surface area (Å²) in [7, 11) is 0. The number of imidazole rings is 1. The van der Waals surface area contributed by atoms with Gasteiger partial charge in [-0.3, -0.25) is 4.79 Å². The Hall–Kier alpha value is -3.56. The number of benzene rings is 2. The van der Waals surface area contributed by atoms with Gasteiger partial charge in [0.1, 0.15) is 11.6 Å². The van der Waals surface area contributed by atoms with Crippen molar-refractivity contribution in [1.29, 1.82) is 0 Å². The maximum absolute atomic E-state index is 14.7.